The second-order valence-electron chi connectivity index (χ2n) is 7.76. The third-order valence-electron chi connectivity index (χ3n) is 5.49. The number of hydrogen-bond donors (Lipinski definition) is 3. The van der Waals surface area contributed by atoms with Gasteiger partial charge in [0.2, 0.25) is 5.75 Å². The Kier molecular flexibility index (Phi) is 8.09. The van der Waals surface area contributed by atoms with Gasteiger partial charge in [0.25, 0.3) is 0 Å². The van der Waals surface area contributed by atoms with Crippen molar-refractivity contribution in [1.82, 2.24) is 0 Å². The molecule has 3 rings (SSSR count). The third kappa shape index (κ3) is 5.29. The molecule has 0 spiro atoms. The lowest BCUT2D eigenvalue weighted by Gasteiger charge is -2.17. The number of phenols is 2. The molecule has 6 nitrogen and oxygen atoms in total. The van der Waals surface area contributed by atoms with Gasteiger partial charge in [-0.3, -0.25) is 0 Å². The molecule has 0 saturated heterocycles. The number of aromatic hydroxyl groups is 2. The molecule has 0 aromatic heterocycles. The molecular weight excluding hydrogens is 430 g/mol. The predicted octanol–water partition coefficient (Wildman–Crippen LogP) is 5.86. The van der Waals surface area contributed by atoms with Gasteiger partial charge in [-0.05, 0) is 65.9 Å². The van der Waals surface area contributed by atoms with Crippen molar-refractivity contribution in [2.24, 2.45) is 0 Å². The highest BCUT2D eigenvalue weighted by Gasteiger charge is 2.17. The van der Waals surface area contributed by atoms with Gasteiger partial charge in [0, 0.05) is 17.7 Å². The van der Waals surface area contributed by atoms with Crippen LogP contribution in [0, 0.1) is 0 Å². The van der Waals surface area contributed by atoms with Gasteiger partial charge in [-0.1, -0.05) is 18.2 Å². The summed E-state index contributed by atoms with van der Waals surface area (Å²) in [6.07, 6.45) is 4.87. The molecule has 6 heteroatoms. The second-order valence-corrected chi connectivity index (χ2v) is 7.76. The average Bonchev–Trinajstić information content (AvgIpc) is 2.84. The van der Waals surface area contributed by atoms with Gasteiger partial charge in [0.1, 0.15) is 11.5 Å². The molecule has 178 valence electrons. The van der Waals surface area contributed by atoms with Crippen molar-refractivity contribution >= 4 is 5.69 Å². The molecule has 0 heterocycles. The van der Waals surface area contributed by atoms with Gasteiger partial charge in [-0.2, -0.15) is 0 Å². The normalized spacial score (nSPS) is 10.4. The predicted molar refractivity (Wildman–Crippen MR) is 136 cm³/mol. The molecular formula is C28H31NO5. The smallest absolute Gasteiger partial charge is 0.203 e. The van der Waals surface area contributed by atoms with Gasteiger partial charge < -0.3 is 29.7 Å². The van der Waals surface area contributed by atoms with E-state index in [4.69, 9.17) is 14.2 Å². The average molecular weight is 462 g/mol. The number of ether oxygens (including phenoxy) is 3. The van der Waals surface area contributed by atoms with Crippen molar-refractivity contribution in [1.29, 1.82) is 0 Å². The first-order valence-corrected chi connectivity index (χ1v) is 10.9. The standard InChI is InChI=1S/C28H31NO5/c1-6-8-18-10-11-24(30)21(12-18)22-13-19(9-7-2)14-23(27(22)31)29-17-20-15-25(32-3)28(34-5)26(16-20)33-4/h6-7,10-16,29-31H,1-2,8-9,17H2,3-5H3. The van der Waals surface area contributed by atoms with E-state index in [2.05, 4.69) is 18.5 Å². The molecule has 0 saturated carbocycles. The fraction of sp³-hybridized carbons (Fsp3) is 0.214. The SMILES string of the molecule is C=CCc1ccc(O)c(-c2cc(CC=C)cc(NCc3cc(OC)c(OC)c(OC)c3)c2O)c1. The second kappa shape index (κ2) is 11.2. The van der Waals surface area contributed by atoms with Gasteiger partial charge in [-0.25, -0.2) is 0 Å². The fourth-order valence-corrected chi connectivity index (χ4v) is 3.85. The summed E-state index contributed by atoms with van der Waals surface area (Å²) < 4.78 is 16.3. The topological polar surface area (TPSA) is 80.2 Å². The van der Waals surface area contributed by atoms with Crippen LogP contribution in [-0.2, 0) is 19.4 Å². The maximum atomic E-state index is 11.2. The number of methoxy groups -OCH3 is 3. The van der Waals surface area contributed by atoms with E-state index < -0.39 is 0 Å². The number of hydrogen-bond acceptors (Lipinski definition) is 6. The largest absolute Gasteiger partial charge is 0.507 e. The Labute approximate surface area is 200 Å². The first-order chi connectivity index (χ1) is 16.4. The number of rotatable bonds is 11. The molecule has 3 N–H and O–H groups in total. The van der Waals surface area contributed by atoms with Crippen LogP contribution >= 0.6 is 0 Å². The van der Waals surface area contributed by atoms with Crippen LogP contribution in [0.15, 0.2) is 67.8 Å². The van der Waals surface area contributed by atoms with E-state index in [1.54, 1.807) is 39.5 Å². The molecule has 0 bridgehead atoms. The van der Waals surface area contributed by atoms with Gasteiger partial charge in [-0.15, -0.1) is 13.2 Å². The summed E-state index contributed by atoms with van der Waals surface area (Å²) >= 11 is 0. The summed E-state index contributed by atoms with van der Waals surface area (Å²) in [6, 6.07) is 12.8. The van der Waals surface area contributed by atoms with Crippen LogP contribution in [-0.4, -0.2) is 31.5 Å². The quantitative estimate of drug-likeness (QED) is 0.245. The summed E-state index contributed by atoms with van der Waals surface area (Å²) in [4.78, 5) is 0. The maximum absolute atomic E-state index is 11.2. The molecule has 0 amide bonds. The molecule has 3 aromatic rings. The fourth-order valence-electron chi connectivity index (χ4n) is 3.85. The Balaban J connectivity index is 2.02. The number of benzene rings is 3. The minimum Gasteiger partial charge on any atom is -0.507 e. The van der Waals surface area contributed by atoms with Crippen LogP contribution in [0.25, 0.3) is 11.1 Å². The summed E-state index contributed by atoms with van der Waals surface area (Å²) in [7, 11) is 4.69. The van der Waals surface area contributed by atoms with Crippen LogP contribution in [0.5, 0.6) is 28.7 Å². The Hall–Kier alpha value is -4.06. The summed E-state index contributed by atoms with van der Waals surface area (Å²) in [5.41, 5.74) is 4.44. The van der Waals surface area contributed by atoms with Crippen molar-refractivity contribution in [2.45, 2.75) is 19.4 Å². The first-order valence-electron chi connectivity index (χ1n) is 10.9. The third-order valence-corrected chi connectivity index (χ3v) is 5.49. The van der Waals surface area contributed by atoms with Crippen LogP contribution in [0.2, 0.25) is 0 Å². The zero-order chi connectivity index (χ0) is 24.7. The van der Waals surface area contributed by atoms with E-state index in [0.29, 0.717) is 53.4 Å². The van der Waals surface area contributed by atoms with Gasteiger partial charge in [0.15, 0.2) is 11.5 Å². The Morgan fingerprint density at radius 3 is 1.97 bits per heavy atom. The lowest BCUT2D eigenvalue weighted by Crippen LogP contribution is -2.03. The number of allylic oxidation sites excluding steroid dienone is 2. The van der Waals surface area contributed by atoms with Crippen molar-refractivity contribution in [3.63, 3.8) is 0 Å². The Bertz CT molecular complexity index is 1160. The van der Waals surface area contributed by atoms with Crippen molar-refractivity contribution in [2.75, 3.05) is 26.6 Å². The number of anilines is 1. The monoisotopic (exact) mass is 461 g/mol. The number of nitrogens with one attached hydrogen (secondary N) is 1. The van der Waals surface area contributed by atoms with Crippen molar-refractivity contribution in [3.05, 3.63) is 84.5 Å². The van der Waals surface area contributed by atoms with Gasteiger partial charge >= 0.3 is 0 Å². The van der Waals surface area contributed by atoms with Crippen LogP contribution in [0.4, 0.5) is 5.69 Å². The van der Waals surface area contributed by atoms with E-state index in [9.17, 15) is 10.2 Å². The summed E-state index contributed by atoms with van der Waals surface area (Å²) in [5.74, 6) is 1.75. The van der Waals surface area contributed by atoms with Crippen LogP contribution in [0.3, 0.4) is 0 Å². The molecule has 0 aliphatic carbocycles. The minimum atomic E-state index is 0.0475. The zero-order valence-electron chi connectivity index (χ0n) is 19.9. The molecule has 0 aliphatic heterocycles. The Morgan fingerprint density at radius 2 is 1.38 bits per heavy atom. The lowest BCUT2D eigenvalue weighted by atomic mass is 9.96. The minimum absolute atomic E-state index is 0.0475. The van der Waals surface area contributed by atoms with Crippen LogP contribution < -0.4 is 19.5 Å². The highest BCUT2D eigenvalue weighted by Crippen LogP contribution is 2.42. The highest BCUT2D eigenvalue weighted by atomic mass is 16.5. The van der Waals surface area contributed by atoms with E-state index >= 15 is 0 Å². The van der Waals surface area contributed by atoms with Crippen molar-refractivity contribution < 1.29 is 24.4 Å². The maximum Gasteiger partial charge on any atom is 0.203 e. The molecule has 34 heavy (non-hydrogen) atoms. The Morgan fingerprint density at radius 1 is 0.765 bits per heavy atom. The molecule has 0 radical (unpaired) electrons. The molecule has 0 aliphatic rings. The molecule has 0 atom stereocenters. The summed E-state index contributed by atoms with van der Waals surface area (Å²) in [5, 5.41) is 25.0. The zero-order valence-corrected chi connectivity index (χ0v) is 19.9. The van der Waals surface area contributed by atoms with Gasteiger partial charge in [0.05, 0.1) is 27.0 Å². The summed E-state index contributed by atoms with van der Waals surface area (Å²) in [6.45, 7) is 8.01. The number of phenolic OH excluding ortho intramolecular Hbond substituents is 2. The van der Waals surface area contributed by atoms with Crippen molar-refractivity contribution in [3.8, 4) is 39.9 Å². The van der Waals surface area contributed by atoms with E-state index in [1.165, 1.54) is 0 Å². The van der Waals surface area contributed by atoms with Crippen LogP contribution in [0.1, 0.15) is 16.7 Å². The van der Waals surface area contributed by atoms with E-state index in [0.717, 1.165) is 16.7 Å². The van der Waals surface area contributed by atoms with E-state index in [-0.39, 0.29) is 11.5 Å². The highest BCUT2D eigenvalue weighted by molar-refractivity contribution is 5.82. The molecule has 0 unspecified atom stereocenters. The molecule has 0 fully saturated rings. The van der Waals surface area contributed by atoms with E-state index in [1.807, 2.05) is 36.4 Å². The molecule has 3 aromatic carbocycles. The lowest BCUT2D eigenvalue weighted by molar-refractivity contribution is 0.324. The first kappa shape index (κ1) is 24.6.